The SMILES string of the molecule is CCOC(=O)c1c(C)[nH]c(C(=O)C(C)Oc2cc([N+](=O)[O-])ccc2OC)c1C. The lowest BCUT2D eigenvalue weighted by Gasteiger charge is -2.16. The van der Waals surface area contributed by atoms with Gasteiger partial charge in [-0.05, 0) is 39.3 Å². The molecule has 2 aromatic rings. The number of ketones is 1. The zero-order valence-corrected chi connectivity index (χ0v) is 16.3. The third-order valence-corrected chi connectivity index (χ3v) is 4.19. The summed E-state index contributed by atoms with van der Waals surface area (Å²) in [5.41, 5.74) is 1.32. The molecule has 0 amide bonds. The van der Waals surface area contributed by atoms with Gasteiger partial charge in [0.15, 0.2) is 17.6 Å². The van der Waals surface area contributed by atoms with Gasteiger partial charge in [-0.15, -0.1) is 0 Å². The number of nitrogens with one attached hydrogen (secondary N) is 1. The molecule has 0 aliphatic carbocycles. The summed E-state index contributed by atoms with van der Waals surface area (Å²) in [5.74, 6) is -0.590. The van der Waals surface area contributed by atoms with Crippen molar-refractivity contribution in [2.24, 2.45) is 0 Å². The van der Waals surface area contributed by atoms with Gasteiger partial charge in [0.2, 0.25) is 5.78 Å². The number of ether oxygens (including phenoxy) is 3. The van der Waals surface area contributed by atoms with Crippen LogP contribution in [0.2, 0.25) is 0 Å². The molecule has 0 bridgehead atoms. The fraction of sp³-hybridized carbons (Fsp3) is 0.368. The smallest absolute Gasteiger partial charge is 0.340 e. The first-order valence-corrected chi connectivity index (χ1v) is 8.60. The molecule has 1 N–H and O–H groups in total. The van der Waals surface area contributed by atoms with Crippen molar-refractivity contribution in [1.29, 1.82) is 0 Å². The summed E-state index contributed by atoms with van der Waals surface area (Å²) in [6, 6.07) is 3.87. The lowest BCUT2D eigenvalue weighted by atomic mass is 10.1. The molecular weight excluding hydrogens is 368 g/mol. The average Bonchev–Trinajstić information content (AvgIpc) is 2.95. The Bertz CT molecular complexity index is 917. The molecule has 0 saturated heterocycles. The molecule has 0 saturated carbocycles. The Labute approximate surface area is 161 Å². The van der Waals surface area contributed by atoms with E-state index < -0.39 is 22.8 Å². The van der Waals surface area contributed by atoms with Crippen molar-refractivity contribution in [1.82, 2.24) is 4.98 Å². The summed E-state index contributed by atoms with van der Waals surface area (Å²) < 4.78 is 15.8. The summed E-state index contributed by atoms with van der Waals surface area (Å²) in [6.45, 7) is 6.75. The van der Waals surface area contributed by atoms with Gasteiger partial charge in [-0.3, -0.25) is 14.9 Å². The van der Waals surface area contributed by atoms with Gasteiger partial charge in [0.1, 0.15) is 0 Å². The Balaban J connectivity index is 2.31. The van der Waals surface area contributed by atoms with E-state index in [9.17, 15) is 19.7 Å². The maximum absolute atomic E-state index is 12.9. The van der Waals surface area contributed by atoms with Gasteiger partial charge in [0.25, 0.3) is 5.69 Å². The van der Waals surface area contributed by atoms with Crippen LogP contribution < -0.4 is 9.47 Å². The second kappa shape index (κ2) is 8.55. The predicted molar refractivity (Wildman–Crippen MR) is 100 cm³/mol. The van der Waals surface area contributed by atoms with Gasteiger partial charge >= 0.3 is 5.97 Å². The minimum atomic E-state index is -0.984. The van der Waals surface area contributed by atoms with Gasteiger partial charge in [-0.1, -0.05) is 0 Å². The number of hydrogen-bond acceptors (Lipinski definition) is 7. The zero-order valence-electron chi connectivity index (χ0n) is 16.3. The van der Waals surface area contributed by atoms with Crippen molar-refractivity contribution in [3.05, 3.63) is 50.8 Å². The van der Waals surface area contributed by atoms with Crippen LogP contribution in [-0.4, -0.2) is 41.5 Å². The maximum atomic E-state index is 12.9. The molecule has 0 fully saturated rings. The first-order chi connectivity index (χ1) is 13.2. The van der Waals surface area contributed by atoms with E-state index in [0.717, 1.165) is 0 Å². The van der Waals surface area contributed by atoms with Crippen molar-refractivity contribution in [3.8, 4) is 11.5 Å². The van der Waals surface area contributed by atoms with E-state index in [1.54, 1.807) is 20.8 Å². The lowest BCUT2D eigenvalue weighted by Crippen LogP contribution is -2.25. The number of esters is 1. The number of aromatic nitrogens is 1. The number of non-ortho nitro benzene ring substituents is 1. The Hall–Kier alpha value is -3.36. The fourth-order valence-corrected chi connectivity index (χ4v) is 2.82. The molecule has 0 spiro atoms. The van der Waals surface area contributed by atoms with Crippen LogP contribution in [0.25, 0.3) is 0 Å². The third kappa shape index (κ3) is 4.13. The van der Waals surface area contributed by atoms with Crippen molar-refractivity contribution < 1.29 is 28.7 Å². The molecule has 9 heteroatoms. The fourth-order valence-electron chi connectivity index (χ4n) is 2.82. The Morgan fingerprint density at radius 2 is 1.93 bits per heavy atom. The molecule has 2 rings (SSSR count). The number of nitro benzene ring substituents is 1. The molecule has 28 heavy (non-hydrogen) atoms. The van der Waals surface area contributed by atoms with E-state index in [0.29, 0.717) is 16.8 Å². The van der Waals surface area contributed by atoms with E-state index in [1.807, 2.05) is 0 Å². The Morgan fingerprint density at radius 1 is 1.25 bits per heavy atom. The van der Waals surface area contributed by atoms with Crippen molar-refractivity contribution in [3.63, 3.8) is 0 Å². The number of aromatic amines is 1. The number of benzene rings is 1. The summed E-state index contributed by atoms with van der Waals surface area (Å²) in [5, 5.41) is 11.0. The number of hydrogen-bond donors (Lipinski definition) is 1. The highest BCUT2D eigenvalue weighted by Crippen LogP contribution is 2.32. The summed E-state index contributed by atoms with van der Waals surface area (Å²) >= 11 is 0. The van der Waals surface area contributed by atoms with Crippen molar-refractivity contribution in [2.45, 2.75) is 33.8 Å². The molecule has 1 atom stereocenters. The number of carbonyl (C=O) groups is 2. The molecule has 0 aliphatic rings. The normalized spacial score (nSPS) is 11.6. The number of methoxy groups -OCH3 is 1. The van der Waals surface area contributed by atoms with Gasteiger partial charge in [0.05, 0.1) is 36.0 Å². The average molecular weight is 390 g/mol. The first kappa shape index (κ1) is 20.9. The van der Waals surface area contributed by atoms with Crippen LogP contribution >= 0.6 is 0 Å². The number of nitro groups is 1. The second-order valence-electron chi connectivity index (χ2n) is 6.06. The monoisotopic (exact) mass is 390 g/mol. The molecule has 9 nitrogen and oxygen atoms in total. The molecule has 0 radical (unpaired) electrons. The third-order valence-electron chi connectivity index (χ3n) is 4.19. The van der Waals surface area contributed by atoms with Crippen molar-refractivity contribution >= 4 is 17.4 Å². The zero-order chi connectivity index (χ0) is 21.0. The summed E-state index contributed by atoms with van der Waals surface area (Å²) in [4.78, 5) is 38.3. The van der Waals surface area contributed by atoms with Crippen LogP contribution in [0, 0.1) is 24.0 Å². The quantitative estimate of drug-likeness (QED) is 0.317. The topological polar surface area (TPSA) is 121 Å². The number of carbonyl (C=O) groups excluding carboxylic acids is 2. The lowest BCUT2D eigenvalue weighted by molar-refractivity contribution is -0.385. The van der Waals surface area contributed by atoms with Crippen LogP contribution in [0.3, 0.4) is 0 Å². The summed E-state index contributed by atoms with van der Waals surface area (Å²) in [6.07, 6.45) is -0.984. The highest BCUT2D eigenvalue weighted by Gasteiger charge is 2.27. The molecular formula is C19H22N2O7. The number of Topliss-reactive ketones (excluding diaryl/α,β-unsaturated/α-hetero) is 1. The second-order valence-corrected chi connectivity index (χ2v) is 6.06. The molecule has 150 valence electrons. The summed E-state index contributed by atoms with van der Waals surface area (Å²) in [7, 11) is 1.39. The maximum Gasteiger partial charge on any atom is 0.340 e. The van der Waals surface area contributed by atoms with Crippen LogP contribution in [0.1, 0.15) is 46.0 Å². The highest BCUT2D eigenvalue weighted by atomic mass is 16.6. The molecule has 1 aromatic heterocycles. The Morgan fingerprint density at radius 3 is 2.50 bits per heavy atom. The predicted octanol–water partition coefficient (Wildman–Crippen LogP) is 3.38. The minimum absolute atomic E-state index is 0.0732. The standard InChI is InChI=1S/C19H22N2O7/c1-6-27-19(23)16-10(2)17(20-11(16)3)18(22)12(4)28-15-9-13(21(24)25)7-8-14(15)26-5/h7-9,12,20H,6H2,1-5H3. The van der Waals surface area contributed by atoms with Crippen LogP contribution in [-0.2, 0) is 4.74 Å². The Kier molecular flexibility index (Phi) is 6.40. The van der Waals surface area contributed by atoms with Crippen LogP contribution in [0.15, 0.2) is 18.2 Å². The number of aryl methyl sites for hydroxylation is 1. The van der Waals surface area contributed by atoms with Gasteiger partial charge in [-0.25, -0.2) is 4.79 Å². The molecule has 1 unspecified atom stereocenters. The van der Waals surface area contributed by atoms with Crippen LogP contribution in [0.4, 0.5) is 5.69 Å². The molecule has 1 aromatic carbocycles. The van der Waals surface area contributed by atoms with Gasteiger partial charge in [-0.2, -0.15) is 0 Å². The number of nitrogens with zero attached hydrogens (tertiary/aromatic N) is 1. The van der Waals surface area contributed by atoms with E-state index in [4.69, 9.17) is 14.2 Å². The van der Waals surface area contributed by atoms with Gasteiger partial charge in [0, 0.05) is 11.8 Å². The number of H-pyrrole nitrogens is 1. The van der Waals surface area contributed by atoms with Crippen molar-refractivity contribution in [2.75, 3.05) is 13.7 Å². The van der Waals surface area contributed by atoms with E-state index in [2.05, 4.69) is 4.98 Å². The molecule has 0 aliphatic heterocycles. The minimum Gasteiger partial charge on any atom is -0.493 e. The highest BCUT2D eigenvalue weighted by molar-refractivity contribution is 6.03. The van der Waals surface area contributed by atoms with E-state index >= 15 is 0 Å². The van der Waals surface area contributed by atoms with E-state index in [-0.39, 0.29) is 29.5 Å². The largest absolute Gasteiger partial charge is 0.493 e. The van der Waals surface area contributed by atoms with Gasteiger partial charge < -0.3 is 19.2 Å². The van der Waals surface area contributed by atoms with E-state index in [1.165, 1.54) is 32.2 Å². The molecule has 1 heterocycles. The van der Waals surface area contributed by atoms with Crippen LogP contribution in [0.5, 0.6) is 11.5 Å². The first-order valence-electron chi connectivity index (χ1n) is 8.60. The number of rotatable bonds is 8.